The Bertz CT molecular complexity index is 968. The molecule has 158 valence electrons. The van der Waals surface area contributed by atoms with Crippen LogP contribution in [0.5, 0.6) is 11.5 Å². The highest BCUT2D eigenvalue weighted by Crippen LogP contribution is 2.19. The van der Waals surface area contributed by atoms with Gasteiger partial charge in [-0.25, -0.2) is 0 Å². The number of alkyl halides is 3. The molecule has 0 aliphatic rings. The van der Waals surface area contributed by atoms with Crippen molar-refractivity contribution in [3.63, 3.8) is 0 Å². The predicted molar refractivity (Wildman–Crippen MR) is 105 cm³/mol. The Kier molecular flexibility index (Phi) is 6.61. The number of anilines is 1. The fourth-order valence-corrected chi connectivity index (χ4v) is 2.68. The molecular formula is C21H20F3N3O3. The lowest BCUT2D eigenvalue weighted by Crippen LogP contribution is -2.19. The summed E-state index contributed by atoms with van der Waals surface area (Å²) in [6, 6.07) is 15.2. The number of benzene rings is 2. The average Bonchev–Trinajstić information content (AvgIpc) is 3.14. The van der Waals surface area contributed by atoms with Gasteiger partial charge in [-0.3, -0.25) is 9.48 Å². The van der Waals surface area contributed by atoms with Crippen LogP contribution in [0.15, 0.2) is 60.8 Å². The number of hydrogen-bond acceptors (Lipinski definition) is 4. The molecule has 0 radical (unpaired) electrons. The number of aromatic nitrogens is 2. The van der Waals surface area contributed by atoms with E-state index in [4.69, 9.17) is 4.74 Å². The Morgan fingerprint density at radius 3 is 2.27 bits per heavy atom. The molecule has 0 atom stereocenters. The molecule has 9 heteroatoms. The fourth-order valence-electron chi connectivity index (χ4n) is 2.68. The van der Waals surface area contributed by atoms with Gasteiger partial charge in [-0.15, -0.1) is 0 Å². The van der Waals surface area contributed by atoms with Crippen molar-refractivity contribution in [3.8, 4) is 11.5 Å². The molecule has 0 aliphatic heterocycles. The van der Waals surface area contributed by atoms with Crippen LogP contribution in [0.4, 0.5) is 19.0 Å². The molecule has 0 fully saturated rings. The number of amides is 1. The fraction of sp³-hybridized carbons (Fsp3) is 0.238. The molecule has 0 unspecified atom stereocenters. The lowest BCUT2D eigenvalue weighted by atomic mass is 10.1. The number of halogens is 3. The number of carbonyl (C=O) groups is 1. The van der Waals surface area contributed by atoms with Gasteiger partial charge in [0.1, 0.15) is 11.5 Å². The van der Waals surface area contributed by atoms with E-state index in [0.717, 1.165) is 11.3 Å². The van der Waals surface area contributed by atoms with E-state index in [-0.39, 0.29) is 18.1 Å². The van der Waals surface area contributed by atoms with Crippen LogP contribution in [0, 0.1) is 0 Å². The Morgan fingerprint density at radius 2 is 1.63 bits per heavy atom. The lowest BCUT2D eigenvalue weighted by molar-refractivity contribution is -0.153. The molecule has 3 rings (SSSR count). The highest BCUT2D eigenvalue weighted by atomic mass is 19.4. The molecule has 1 N–H and O–H groups in total. The van der Waals surface area contributed by atoms with Crippen molar-refractivity contribution in [2.75, 3.05) is 19.0 Å². The van der Waals surface area contributed by atoms with Crippen molar-refractivity contribution in [1.82, 2.24) is 9.78 Å². The molecule has 2 aromatic carbocycles. The van der Waals surface area contributed by atoms with Crippen molar-refractivity contribution < 1.29 is 27.4 Å². The zero-order chi connectivity index (χ0) is 21.6. The largest absolute Gasteiger partial charge is 0.497 e. The van der Waals surface area contributed by atoms with Crippen molar-refractivity contribution >= 4 is 11.7 Å². The summed E-state index contributed by atoms with van der Waals surface area (Å²) >= 11 is 0. The van der Waals surface area contributed by atoms with Crippen LogP contribution in [0.1, 0.15) is 11.1 Å². The van der Waals surface area contributed by atoms with Crippen LogP contribution in [-0.2, 0) is 17.8 Å². The first-order valence-electron chi connectivity index (χ1n) is 9.05. The van der Waals surface area contributed by atoms with Crippen LogP contribution < -0.4 is 14.8 Å². The number of carbonyl (C=O) groups excluding carboxylic acids is 1. The first kappa shape index (κ1) is 21.2. The third-order valence-electron chi connectivity index (χ3n) is 4.10. The predicted octanol–water partition coefficient (Wildman–Crippen LogP) is 4.06. The molecule has 6 nitrogen and oxygen atoms in total. The summed E-state index contributed by atoms with van der Waals surface area (Å²) in [5.41, 5.74) is 1.68. The molecule has 0 saturated carbocycles. The number of methoxy groups -OCH3 is 1. The van der Waals surface area contributed by atoms with Gasteiger partial charge in [-0.05, 0) is 35.4 Å². The number of hydrogen-bond donors (Lipinski definition) is 1. The first-order valence-corrected chi connectivity index (χ1v) is 9.05. The van der Waals surface area contributed by atoms with Crippen molar-refractivity contribution in [1.29, 1.82) is 0 Å². The monoisotopic (exact) mass is 419 g/mol. The van der Waals surface area contributed by atoms with Gasteiger partial charge in [-0.2, -0.15) is 18.3 Å². The molecule has 1 aromatic heterocycles. The second kappa shape index (κ2) is 9.34. The molecular weight excluding hydrogens is 399 g/mol. The maximum Gasteiger partial charge on any atom is 0.422 e. The molecule has 0 saturated heterocycles. The zero-order valence-electron chi connectivity index (χ0n) is 16.1. The van der Waals surface area contributed by atoms with Crippen LogP contribution in [0.2, 0.25) is 0 Å². The average molecular weight is 419 g/mol. The Balaban J connectivity index is 1.50. The van der Waals surface area contributed by atoms with Gasteiger partial charge in [0, 0.05) is 12.3 Å². The number of rotatable bonds is 8. The minimum Gasteiger partial charge on any atom is -0.497 e. The smallest absolute Gasteiger partial charge is 0.422 e. The molecule has 3 aromatic rings. The Hall–Kier alpha value is -3.49. The van der Waals surface area contributed by atoms with Gasteiger partial charge in [0.05, 0.1) is 20.1 Å². The van der Waals surface area contributed by atoms with E-state index in [9.17, 15) is 18.0 Å². The standard InChI is InChI=1S/C21H20F3N3O3/c1-29-17-6-4-16(5-7-17)13-27-11-10-19(26-27)25-20(28)12-15-2-8-18(9-3-15)30-14-21(22,23)24/h2-11H,12-14H2,1H3,(H,25,26,28). The third kappa shape index (κ3) is 6.54. The highest BCUT2D eigenvalue weighted by Gasteiger charge is 2.28. The lowest BCUT2D eigenvalue weighted by Gasteiger charge is -2.09. The molecule has 30 heavy (non-hydrogen) atoms. The van der Waals surface area contributed by atoms with Crippen LogP contribution in [-0.4, -0.2) is 35.6 Å². The number of ether oxygens (including phenoxy) is 2. The van der Waals surface area contributed by atoms with E-state index in [1.165, 1.54) is 12.1 Å². The van der Waals surface area contributed by atoms with E-state index in [2.05, 4.69) is 15.2 Å². The molecule has 1 amide bonds. The van der Waals surface area contributed by atoms with E-state index < -0.39 is 12.8 Å². The number of nitrogens with zero attached hydrogens (tertiary/aromatic N) is 2. The summed E-state index contributed by atoms with van der Waals surface area (Å²) < 4.78 is 48.0. The molecule has 0 spiro atoms. The topological polar surface area (TPSA) is 65.4 Å². The van der Waals surface area contributed by atoms with E-state index in [1.807, 2.05) is 24.3 Å². The maximum absolute atomic E-state index is 12.2. The maximum atomic E-state index is 12.2. The molecule has 1 heterocycles. The summed E-state index contributed by atoms with van der Waals surface area (Å²) in [6.07, 6.45) is -2.58. The van der Waals surface area contributed by atoms with Gasteiger partial charge in [0.2, 0.25) is 5.91 Å². The van der Waals surface area contributed by atoms with Crippen molar-refractivity contribution in [2.24, 2.45) is 0 Å². The van der Waals surface area contributed by atoms with E-state index in [1.54, 1.807) is 36.2 Å². The second-order valence-corrected chi connectivity index (χ2v) is 6.52. The molecule has 0 bridgehead atoms. The molecule has 0 aliphatic carbocycles. The summed E-state index contributed by atoms with van der Waals surface area (Å²) in [4.78, 5) is 12.2. The summed E-state index contributed by atoms with van der Waals surface area (Å²) in [5.74, 6) is 0.994. The normalized spacial score (nSPS) is 11.2. The van der Waals surface area contributed by atoms with Gasteiger partial charge < -0.3 is 14.8 Å². The quantitative estimate of drug-likeness (QED) is 0.598. The Morgan fingerprint density at radius 1 is 1.00 bits per heavy atom. The van der Waals surface area contributed by atoms with Gasteiger partial charge in [0.15, 0.2) is 12.4 Å². The third-order valence-corrected chi connectivity index (χ3v) is 4.10. The minimum absolute atomic E-state index is 0.0604. The van der Waals surface area contributed by atoms with Crippen LogP contribution in [0.25, 0.3) is 0 Å². The van der Waals surface area contributed by atoms with Crippen LogP contribution >= 0.6 is 0 Å². The van der Waals surface area contributed by atoms with Gasteiger partial charge in [0.25, 0.3) is 0 Å². The Labute approximate surface area is 171 Å². The van der Waals surface area contributed by atoms with Gasteiger partial charge in [-0.1, -0.05) is 24.3 Å². The summed E-state index contributed by atoms with van der Waals surface area (Å²) in [6.45, 7) is -0.814. The summed E-state index contributed by atoms with van der Waals surface area (Å²) in [5, 5.41) is 7.02. The van der Waals surface area contributed by atoms with E-state index >= 15 is 0 Å². The highest BCUT2D eigenvalue weighted by molar-refractivity contribution is 5.91. The van der Waals surface area contributed by atoms with Crippen molar-refractivity contribution in [2.45, 2.75) is 19.1 Å². The van der Waals surface area contributed by atoms with E-state index in [0.29, 0.717) is 17.9 Å². The second-order valence-electron chi connectivity index (χ2n) is 6.52. The summed E-state index contributed by atoms with van der Waals surface area (Å²) in [7, 11) is 1.60. The minimum atomic E-state index is -4.39. The first-order chi connectivity index (χ1) is 14.3. The SMILES string of the molecule is COc1ccc(Cn2ccc(NC(=O)Cc3ccc(OCC(F)(F)F)cc3)n2)cc1. The van der Waals surface area contributed by atoms with Crippen LogP contribution in [0.3, 0.4) is 0 Å². The van der Waals surface area contributed by atoms with Crippen molar-refractivity contribution in [3.05, 3.63) is 71.9 Å². The van der Waals surface area contributed by atoms with Gasteiger partial charge >= 0.3 is 6.18 Å². The number of nitrogens with one attached hydrogen (secondary N) is 1. The zero-order valence-corrected chi connectivity index (χ0v) is 16.1.